The van der Waals surface area contributed by atoms with E-state index in [9.17, 15) is 0 Å². The minimum absolute atomic E-state index is 0.428. The fraction of sp³-hybridized carbons (Fsp3) is 1.00. The minimum Gasteiger partial charge on any atom is -0.327 e. The topological polar surface area (TPSA) is 29.3 Å². The maximum atomic E-state index is 6.39. The van der Waals surface area contributed by atoms with Gasteiger partial charge < -0.3 is 10.6 Å². The summed E-state index contributed by atoms with van der Waals surface area (Å²) in [6.07, 6.45) is 10.9. The lowest BCUT2D eigenvalue weighted by molar-refractivity contribution is 0.0897. The molecule has 0 bridgehead atoms. The molecule has 2 rings (SSSR count). The minimum atomic E-state index is 0.428. The van der Waals surface area contributed by atoms with Crippen molar-refractivity contribution >= 4 is 0 Å². The van der Waals surface area contributed by atoms with E-state index in [1.165, 1.54) is 57.9 Å². The van der Waals surface area contributed by atoms with Crippen LogP contribution in [-0.4, -0.2) is 30.6 Å². The molecule has 0 saturated heterocycles. The average Bonchev–Trinajstić information content (AvgIpc) is 2.43. The third-order valence-corrected chi connectivity index (χ3v) is 6.11. The Bertz CT molecular complexity index is 292. The molecule has 2 atom stereocenters. The summed E-state index contributed by atoms with van der Waals surface area (Å²) in [5.41, 5.74) is 6.90. The predicted octanol–water partition coefficient (Wildman–Crippen LogP) is 4.04. The van der Waals surface area contributed by atoms with Gasteiger partial charge in [0.1, 0.15) is 0 Å². The summed E-state index contributed by atoms with van der Waals surface area (Å²) in [6.45, 7) is 8.39. The second kappa shape index (κ2) is 6.79. The SMILES string of the molecule is CCC1CCC(N(C)CC2CC(C)(C)CCC2N)CC1. The van der Waals surface area contributed by atoms with Gasteiger partial charge in [0.15, 0.2) is 0 Å². The monoisotopic (exact) mass is 280 g/mol. The number of rotatable bonds is 4. The van der Waals surface area contributed by atoms with Crippen LogP contribution in [0.3, 0.4) is 0 Å². The fourth-order valence-corrected chi connectivity index (χ4v) is 4.47. The molecule has 0 aromatic carbocycles. The van der Waals surface area contributed by atoms with E-state index in [1.807, 2.05) is 0 Å². The van der Waals surface area contributed by atoms with Gasteiger partial charge in [-0.25, -0.2) is 0 Å². The second-order valence-electron chi connectivity index (χ2n) is 8.35. The van der Waals surface area contributed by atoms with Crippen molar-refractivity contribution in [3.05, 3.63) is 0 Å². The van der Waals surface area contributed by atoms with Crippen LogP contribution in [0.25, 0.3) is 0 Å². The normalized spacial score (nSPS) is 38.1. The van der Waals surface area contributed by atoms with E-state index in [-0.39, 0.29) is 0 Å². The number of hydrogen-bond donors (Lipinski definition) is 1. The van der Waals surface area contributed by atoms with Crippen LogP contribution in [0.5, 0.6) is 0 Å². The predicted molar refractivity (Wildman–Crippen MR) is 87.8 cm³/mol. The van der Waals surface area contributed by atoms with E-state index < -0.39 is 0 Å². The number of nitrogens with two attached hydrogens (primary N) is 1. The molecule has 2 aliphatic carbocycles. The van der Waals surface area contributed by atoms with Crippen molar-refractivity contribution in [3.63, 3.8) is 0 Å². The van der Waals surface area contributed by atoms with Gasteiger partial charge in [0.25, 0.3) is 0 Å². The van der Waals surface area contributed by atoms with Crippen LogP contribution < -0.4 is 5.73 Å². The number of hydrogen-bond acceptors (Lipinski definition) is 2. The van der Waals surface area contributed by atoms with Crippen molar-refractivity contribution in [2.45, 2.75) is 84.2 Å². The molecular formula is C18H36N2. The molecule has 2 heteroatoms. The van der Waals surface area contributed by atoms with Gasteiger partial charge in [-0.1, -0.05) is 27.2 Å². The van der Waals surface area contributed by atoms with Gasteiger partial charge in [-0.2, -0.15) is 0 Å². The highest BCUT2D eigenvalue weighted by Gasteiger charge is 2.34. The highest BCUT2D eigenvalue weighted by molar-refractivity contribution is 4.89. The van der Waals surface area contributed by atoms with E-state index >= 15 is 0 Å². The molecule has 2 nitrogen and oxygen atoms in total. The molecule has 2 unspecified atom stereocenters. The van der Waals surface area contributed by atoms with Crippen LogP contribution in [0.2, 0.25) is 0 Å². The largest absolute Gasteiger partial charge is 0.327 e. The molecule has 0 aromatic rings. The molecule has 0 amide bonds. The van der Waals surface area contributed by atoms with Crippen LogP contribution in [0.4, 0.5) is 0 Å². The molecular weight excluding hydrogens is 244 g/mol. The lowest BCUT2D eigenvalue weighted by Crippen LogP contribution is -2.47. The number of nitrogens with zero attached hydrogens (tertiary/aromatic N) is 1. The summed E-state index contributed by atoms with van der Waals surface area (Å²) in [7, 11) is 2.34. The highest BCUT2D eigenvalue weighted by atomic mass is 15.1. The van der Waals surface area contributed by atoms with Gasteiger partial charge in [0.05, 0.1) is 0 Å². The third kappa shape index (κ3) is 4.21. The van der Waals surface area contributed by atoms with Crippen molar-refractivity contribution < 1.29 is 0 Å². The van der Waals surface area contributed by atoms with E-state index in [0.29, 0.717) is 17.4 Å². The first kappa shape index (κ1) is 16.3. The Morgan fingerprint density at radius 2 is 1.75 bits per heavy atom. The second-order valence-corrected chi connectivity index (χ2v) is 8.35. The van der Waals surface area contributed by atoms with E-state index in [2.05, 4.69) is 32.7 Å². The highest BCUT2D eigenvalue weighted by Crippen LogP contribution is 2.39. The van der Waals surface area contributed by atoms with Crippen LogP contribution in [-0.2, 0) is 0 Å². The summed E-state index contributed by atoms with van der Waals surface area (Å²) < 4.78 is 0. The summed E-state index contributed by atoms with van der Waals surface area (Å²) in [5, 5.41) is 0. The standard InChI is InChI=1S/C18H36N2/c1-5-14-6-8-16(9-7-14)20(4)13-15-12-18(2,3)11-10-17(15)19/h14-17H,5-13,19H2,1-4H3. The maximum Gasteiger partial charge on any atom is 0.00925 e. The first-order valence-electron chi connectivity index (χ1n) is 8.87. The summed E-state index contributed by atoms with van der Waals surface area (Å²) in [4.78, 5) is 2.64. The molecule has 20 heavy (non-hydrogen) atoms. The summed E-state index contributed by atoms with van der Waals surface area (Å²) >= 11 is 0. The molecule has 0 aliphatic heterocycles. The van der Waals surface area contributed by atoms with Crippen LogP contribution in [0.1, 0.15) is 72.1 Å². The Kier molecular flexibility index (Phi) is 5.53. The van der Waals surface area contributed by atoms with Gasteiger partial charge in [0.2, 0.25) is 0 Å². The van der Waals surface area contributed by atoms with E-state index in [0.717, 1.165) is 12.0 Å². The Morgan fingerprint density at radius 1 is 1.10 bits per heavy atom. The lowest BCUT2D eigenvalue weighted by atomic mass is 9.70. The molecule has 2 fully saturated rings. The molecule has 0 spiro atoms. The zero-order chi connectivity index (χ0) is 14.8. The average molecular weight is 281 g/mol. The van der Waals surface area contributed by atoms with E-state index in [4.69, 9.17) is 5.73 Å². The molecule has 0 radical (unpaired) electrons. The summed E-state index contributed by atoms with van der Waals surface area (Å²) in [5.74, 6) is 1.70. The smallest absolute Gasteiger partial charge is 0.00925 e. The third-order valence-electron chi connectivity index (χ3n) is 6.11. The van der Waals surface area contributed by atoms with Crippen molar-refractivity contribution in [1.29, 1.82) is 0 Å². The van der Waals surface area contributed by atoms with Gasteiger partial charge >= 0.3 is 0 Å². The zero-order valence-corrected chi connectivity index (χ0v) is 14.2. The van der Waals surface area contributed by atoms with Crippen molar-refractivity contribution in [1.82, 2.24) is 4.90 Å². The Morgan fingerprint density at radius 3 is 2.35 bits per heavy atom. The Balaban J connectivity index is 1.83. The van der Waals surface area contributed by atoms with Gasteiger partial charge in [-0.3, -0.25) is 0 Å². The zero-order valence-electron chi connectivity index (χ0n) is 14.2. The van der Waals surface area contributed by atoms with Gasteiger partial charge in [-0.15, -0.1) is 0 Å². The van der Waals surface area contributed by atoms with Crippen molar-refractivity contribution in [2.75, 3.05) is 13.6 Å². The molecule has 0 aromatic heterocycles. The van der Waals surface area contributed by atoms with Crippen molar-refractivity contribution in [3.8, 4) is 0 Å². The Labute approximate surface area is 126 Å². The Hall–Kier alpha value is -0.0800. The summed E-state index contributed by atoms with van der Waals surface area (Å²) in [6, 6.07) is 1.24. The van der Waals surface area contributed by atoms with Gasteiger partial charge in [0, 0.05) is 18.6 Å². The van der Waals surface area contributed by atoms with Crippen LogP contribution in [0, 0.1) is 17.3 Å². The fourth-order valence-electron chi connectivity index (χ4n) is 4.47. The quantitative estimate of drug-likeness (QED) is 0.842. The first-order chi connectivity index (χ1) is 9.41. The molecule has 118 valence electrons. The molecule has 2 aliphatic rings. The van der Waals surface area contributed by atoms with Crippen LogP contribution >= 0.6 is 0 Å². The van der Waals surface area contributed by atoms with Crippen LogP contribution in [0.15, 0.2) is 0 Å². The van der Waals surface area contributed by atoms with Gasteiger partial charge in [-0.05, 0) is 69.2 Å². The molecule has 2 saturated carbocycles. The lowest BCUT2D eigenvalue weighted by Gasteiger charge is -2.43. The maximum absolute atomic E-state index is 6.39. The molecule has 0 heterocycles. The molecule has 2 N–H and O–H groups in total. The van der Waals surface area contributed by atoms with E-state index in [1.54, 1.807) is 0 Å². The van der Waals surface area contributed by atoms with Crippen molar-refractivity contribution in [2.24, 2.45) is 23.0 Å². The first-order valence-corrected chi connectivity index (χ1v) is 8.87.